The van der Waals surface area contributed by atoms with Crippen molar-refractivity contribution in [1.29, 1.82) is 0 Å². The number of benzene rings is 8. The van der Waals surface area contributed by atoms with Gasteiger partial charge < -0.3 is 0 Å². The van der Waals surface area contributed by atoms with Crippen molar-refractivity contribution in [3.63, 3.8) is 0 Å². The minimum atomic E-state index is -0.700. The van der Waals surface area contributed by atoms with Crippen LogP contribution in [0.3, 0.4) is 0 Å². The average molecular weight is 732 g/mol. The number of fused-ring (bicyclic) bond motifs is 6. The molecule has 0 saturated heterocycles. The van der Waals surface area contributed by atoms with Gasteiger partial charge in [0.2, 0.25) is 11.9 Å². The molecule has 0 amide bonds. The molecule has 0 spiro atoms. The second-order valence-corrected chi connectivity index (χ2v) is 12.9. The Kier molecular flexibility index (Phi) is 4.57. The molecule has 0 saturated carbocycles. The Bertz CT molecular complexity index is 3830. The van der Waals surface area contributed by atoms with Gasteiger partial charge in [-0.15, -0.1) is 0 Å². The first-order valence-electron chi connectivity index (χ1n) is 25.6. The summed E-state index contributed by atoms with van der Waals surface area (Å²) < 4.78 is 145. The summed E-state index contributed by atoms with van der Waals surface area (Å²) in [5.41, 5.74) is 3.95. The predicted molar refractivity (Wildman–Crippen MR) is 230 cm³/mol. The number of nitrogens with zero attached hydrogens (tertiary/aromatic N) is 5. The summed E-state index contributed by atoms with van der Waals surface area (Å²) in [5, 5.41) is -1.06. The van der Waals surface area contributed by atoms with E-state index in [0.717, 1.165) is 31.4 Å². The van der Waals surface area contributed by atoms with Crippen LogP contribution < -0.4 is 0 Å². The molecule has 8 aromatic carbocycles. The third-order valence-electron chi connectivity index (χ3n) is 9.70. The highest BCUT2D eigenvalue weighted by atomic mass is 15.3. The van der Waals surface area contributed by atoms with Crippen molar-refractivity contribution in [2.75, 3.05) is 0 Å². The fourth-order valence-corrected chi connectivity index (χ4v) is 7.13. The van der Waals surface area contributed by atoms with Gasteiger partial charge in [-0.3, -0.25) is 9.13 Å². The summed E-state index contributed by atoms with van der Waals surface area (Å²) in [6.45, 7) is 0. The predicted octanol–water partition coefficient (Wildman–Crippen LogP) is 12.7. The molecule has 11 aromatic rings. The lowest BCUT2D eigenvalue weighted by Gasteiger charge is -2.14. The first-order chi connectivity index (χ1) is 34.4. The van der Waals surface area contributed by atoms with E-state index in [1.807, 2.05) is 91.0 Å². The molecule has 5 heteroatoms. The van der Waals surface area contributed by atoms with Crippen LogP contribution >= 0.6 is 0 Å². The van der Waals surface area contributed by atoms with Crippen LogP contribution in [0.4, 0.5) is 0 Å². The highest BCUT2D eigenvalue weighted by Gasteiger charge is 2.21. The Hall–Kier alpha value is -7.63. The maximum Gasteiger partial charge on any atom is 0.240 e. The highest BCUT2D eigenvalue weighted by molar-refractivity contribution is 6.10. The molecule has 0 aliphatic heterocycles. The van der Waals surface area contributed by atoms with Gasteiger partial charge >= 0.3 is 0 Å². The Morgan fingerprint density at radius 2 is 0.643 bits per heavy atom. The van der Waals surface area contributed by atoms with Gasteiger partial charge in [0, 0.05) is 27.1 Å². The standard InChI is InChI=1S/C51H33N5/c1-3-15-34(16-4-1)36-27-29-37(30-28-36)39-31-38(35-17-5-2-6-18-35)32-40(33-39)49-52-50(55-45-23-11-7-19-41(45)42-20-8-12-24-46(42)55)54-51(53-49)56-47-25-13-9-21-43(47)44-22-10-14-26-48(44)56/h1-33H/i7D,8D,9D,10D,11D,12D,13D,14D,19D,20D,21D,22D,23D,24D,25D,26D. The third-order valence-corrected chi connectivity index (χ3v) is 9.70. The number of hydrogen-bond acceptors (Lipinski definition) is 3. The summed E-state index contributed by atoms with van der Waals surface area (Å²) in [4.78, 5) is 14.7. The van der Waals surface area contributed by atoms with Crippen LogP contribution in [-0.2, 0) is 0 Å². The first kappa shape index (κ1) is 19.6. The zero-order chi connectivity index (χ0) is 50.9. The molecular formula is C51H33N5. The van der Waals surface area contributed by atoms with Gasteiger partial charge in [-0.1, -0.05) is 157 Å². The summed E-state index contributed by atoms with van der Waals surface area (Å²) in [5.74, 6) is -1.09. The van der Waals surface area contributed by atoms with Crippen molar-refractivity contribution in [2.45, 2.75) is 0 Å². The van der Waals surface area contributed by atoms with Crippen LogP contribution in [0.2, 0.25) is 0 Å². The van der Waals surface area contributed by atoms with E-state index < -0.39 is 109 Å². The van der Waals surface area contributed by atoms with E-state index >= 15 is 0 Å². The molecule has 3 aromatic heterocycles. The fourth-order valence-electron chi connectivity index (χ4n) is 7.13. The van der Waals surface area contributed by atoms with Gasteiger partial charge in [0.1, 0.15) is 0 Å². The molecule has 3 heterocycles. The molecule has 56 heavy (non-hydrogen) atoms. The van der Waals surface area contributed by atoms with Gasteiger partial charge in [0.05, 0.1) is 44.0 Å². The number of hydrogen-bond donors (Lipinski definition) is 0. The van der Waals surface area contributed by atoms with E-state index in [2.05, 4.69) is 0 Å². The van der Waals surface area contributed by atoms with E-state index in [0.29, 0.717) is 16.7 Å². The molecule has 262 valence electrons. The lowest BCUT2D eigenvalue weighted by Crippen LogP contribution is -2.10. The van der Waals surface area contributed by atoms with Crippen LogP contribution in [-0.4, -0.2) is 24.1 Å². The molecule has 0 N–H and O–H groups in total. The van der Waals surface area contributed by atoms with Crippen LogP contribution in [0.5, 0.6) is 0 Å². The van der Waals surface area contributed by atoms with Crippen molar-refractivity contribution in [1.82, 2.24) is 24.1 Å². The van der Waals surface area contributed by atoms with Crippen molar-refractivity contribution in [3.8, 4) is 56.7 Å². The molecule has 11 rings (SSSR count). The summed E-state index contributed by atoms with van der Waals surface area (Å²) >= 11 is 0. The number of aromatic nitrogens is 5. The molecular weight excluding hydrogens is 683 g/mol. The second kappa shape index (κ2) is 13.0. The normalized spacial score (nSPS) is 15.6. The zero-order valence-corrected chi connectivity index (χ0v) is 29.1. The minimum absolute atomic E-state index is 0.150. The highest BCUT2D eigenvalue weighted by Crippen LogP contribution is 2.37. The van der Waals surface area contributed by atoms with Crippen molar-refractivity contribution in [3.05, 3.63) is 200 Å². The summed E-state index contributed by atoms with van der Waals surface area (Å²) in [7, 11) is 0. The van der Waals surface area contributed by atoms with Crippen LogP contribution in [0.1, 0.15) is 21.9 Å². The molecule has 0 atom stereocenters. The molecule has 0 aliphatic rings. The Balaban J connectivity index is 1.32. The third kappa shape index (κ3) is 5.29. The van der Waals surface area contributed by atoms with Gasteiger partial charge in [-0.2, -0.15) is 15.0 Å². The molecule has 0 aliphatic carbocycles. The average Bonchev–Trinajstić information content (AvgIpc) is 3.97. The molecule has 0 radical (unpaired) electrons. The quantitative estimate of drug-likeness (QED) is 0.171. The van der Waals surface area contributed by atoms with E-state index in [-0.39, 0.29) is 49.4 Å². The Labute approximate surface area is 345 Å². The SMILES string of the molecule is [2H]c1c([2H])c([2H])c2c(c1[2H])c1c([2H])c([2H])c([2H])c([2H])c1n2-c1nc(-c2cc(-c3ccccc3)cc(-c3ccc(-c4ccccc4)cc3)c2)nc(-n2c3c([2H])c([2H])c([2H])c([2H])c3c3c([2H])c([2H])c([2H])c([2H])c32)n1. The largest absolute Gasteiger partial charge is 0.278 e. The van der Waals surface area contributed by atoms with Crippen molar-refractivity contribution in [2.24, 2.45) is 0 Å². The molecule has 0 fully saturated rings. The summed E-state index contributed by atoms with van der Waals surface area (Å²) in [6, 6.07) is 22.2. The zero-order valence-electron chi connectivity index (χ0n) is 45.1. The first-order valence-corrected chi connectivity index (χ1v) is 17.6. The van der Waals surface area contributed by atoms with E-state index in [4.69, 9.17) is 31.4 Å². The maximum atomic E-state index is 9.26. The van der Waals surface area contributed by atoms with Gasteiger partial charge in [-0.25, -0.2) is 0 Å². The fraction of sp³-hybridized carbons (Fsp3) is 0. The van der Waals surface area contributed by atoms with Crippen molar-refractivity contribution < 1.29 is 21.9 Å². The van der Waals surface area contributed by atoms with E-state index in [1.165, 1.54) is 0 Å². The topological polar surface area (TPSA) is 48.5 Å². The molecule has 0 unspecified atom stereocenters. The van der Waals surface area contributed by atoms with E-state index in [9.17, 15) is 5.48 Å². The maximum absolute atomic E-state index is 9.26. The molecule has 0 bridgehead atoms. The van der Waals surface area contributed by atoms with Crippen molar-refractivity contribution >= 4 is 43.6 Å². The van der Waals surface area contributed by atoms with Gasteiger partial charge in [0.15, 0.2) is 5.82 Å². The lowest BCUT2D eigenvalue weighted by molar-refractivity contribution is 0.893. The summed E-state index contributed by atoms with van der Waals surface area (Å²) in [6.07, 6.45) is 0. The van der Waals surface area contributed by atoms with Crippen LogP contribution in [0.15, 0.2) is 200 Å². The Morgan fingerprint density at radius 3 is 1.05 bits per heavy atom. The molecule has 5 nitrogen and oxygen atoms in total. The van der Waals surface area contributed by atoms with Crippen LogP contribution in [0.25, 0.3) is 100 Å². The second-order valence-electron chi connectivity index (χ2n) is 12.9. The van der Waals surface area contributed by atoms with Gasteiger partial charge in [0.25, 0.3) is 0 Å². The smallest absolute Gasteiger partial charge is 0.240 e. The monoisotopic (exact) mass is 731 g/mol. The number of para-hydroxylation sites is 4. The van der Waals surface area contributed by atoms with E-state index in [1.54, 1.807) is 12.1 Å². The Morgan fingerprint density at radius 1 is 0.321 bits per heavy atom. The number of rotatable bonds is 6. The van der Waals surface area contributed by atoms with Gasteiger partial charge in [-0.05, 0) is 75.7 Å². The lowest BCUT2D eigenvalue weighted by atomic mass is 9.94. The minimum Gasteiger partial charge on any atom is -0.278 e. The van der Waals surface area contributed by atoms with Crippen LogP contribution in [0, 0.1) is 0 Å².